The van der Waals surface area contributed by atoms with E-state index < -0.39 is 0 Å². The molecule has 20 heavy (non-hydrogen) atoms. The van der Waals surface area contributed by atoms with E-state index in [0.29, 0.717) is 15.8 Å². The van der Waals surface area contributed by atoms with Crippen LogP contribution in [0.25, 0.3) is 6.08 Å². The molecule has 1 saturated heterocycles. The number of thioether (sulfide) groups is 1. The molecule has 1 aliphatic rings. The molecule has 2 aromatic rings. The van der Waals surface area contributed by atoms with Crippen LogP contribution in [0, 0.1) is 0 Å². The minimum absolute atomic E-state index is 0.138. The summed E-state index contributed by atoms with van der Waals surface area (Å²) in [5.74, 6) is 0.0521. The van der Waals surface area contributed by atoms with E-state index in [-0.39, 0.29) is 11.7 Å². The van der Waals surface area contributed by atoms with Crippen molar-refractivity contribution in [2.24, 2.45) is 4.99 Å². The minimum Gasteiger partial charge on any atom is -0.508 e. The first-order valence-corrected chi connectivity index (χ1v) is 7.52. The van der Waals surface area contributed by atoms with Crippen molar-refractivity contribution in [2.45, 2.75) is 0 Å². The van der Waals surface area contributed by atoms with Crippen LogP contribution < -0.4 is 5.32 Å². The van der Waals surface area contributed by atoms with Crippen LogP contribution in [-0.4, -0.2) is 16.2 Å². The normalized spacial score (nSPS) is 18.7. The maximum Gasteiger partial charge on any atom is 0.264 e. The standard InChI is InChI=1S/C14H10N2O2S2/c17-10-5-3-9(4-6-10)15-14-16-13(18)12(20-14)8-11-2-1-7-19-11/h1-8,17H,(H,15,16,18)/b12-8+. The van der Waals surface area contributed by atoms with E-state index in [2.05, 4.69) is 10.3 Å². The number of phenols is 1. The molecular formula is C14H10N2O2S2. The smallest absolute Gasteiger partial charge is 0.264 e. The highest BCUT2D eigenvalue weighted by Crippen LogP contribution is 2.29. The highest BCUT2D eigenvalue weighted by atomic mass is 32.2. The zero-order valence-electron chi connectivity index (χ0n) is 10.2. The lowest BCUT2D eigenvalue weighted by Crippen LogP contribution is -2.19. The highest BCUT2D eigenvalue weighted by molar-refractivity contribution is 8.18. The van der Waals surface area contributed by atoms with Crippen molar-refractivity contribution in [1.82, 2.24) is 5.32 Å². The van der Waals surface area contributed by atoms with Gasteiger partial charge in [-0.25, -0.2) is 4.99 Å². The number of carbonyl (C=O) groups is 1. The van der Waals surface area contributed by atoms with Crippen molar-refractivity contribution >= 4 is 45.9 Å². The monoisotopic (exact) mass is 302 g/mol. The molecule has 2 N–H and O–H groups in total. The summed E-state index contributed by atoms with van der Waals surface area (Å²) >= 11 is 2.89. The first-order valence-electron chi connectivity index (χ1n) is 5.83. The quantitative estimate of drug-likeness (QED) is 0.836. The van der Waals surface area contributed by atoms with Gasteiger partial charge in [0.05, 0.1) is 10.6 Å². The van der Waals surface area contributed by atoms with Gasteiger partial charge in [-0.2, -0.15) is 0 Å². The number of rotatable bonds is 2. The Morgan fingerprint density at radius 1 is 1.20 bits per heavy atom. The number of thiophene rings is 1. The number of amides is 1. The topological polar surface area (TPSA) is 61.7 Å². The zero-order valence-corrected chi connectivity index (χ0v) is 11.9. The number of nitrogens with zero attached hydrogens (tertiary/aromatic N) is 1. The molecule has 0 unspecified atom stereocenters. The molecule has 1 fully saturated rings. The third-order valence-electron chi connectivity index (χ3n) is 2.55. The fraction of sp³-hybridized carbons (Fsp3) is 0. The molecule has 0 radical (unpaired) electrons. The summed E-state index contributed by atoms with van der Waals surface area (Å²) in [6, 6.07) is 10.4. The van der Waals surface area contributed by atoms with Gasteiger partial charge in [0, 0.05) is 4.88 Å². The number of aliphatic imine (C=N–C) groups is 1. The van der Waals surface area contributed by atoms with Gasteiger partial charge in [-0.15, -0.1) is 11.3 Å². The number of carbonyl (C=O) groups excluding carboxylic acids is 1. The largest absolute Gasteiger partial charge is 0.508 e. The highest BCUT2D eigenvalue weighted by Gasteiger charge is 2.23. The van der Waals surface area contributed by atoms with Crippen LogP contribution in [0.5, 0.6) is 5.75 Å². The van der Waals surface area contributed by atoms with Crippen molar-refractivity contribution in [1.29, 1.82) is 0 Å². The maximum atomic E-state index is 11.8. The molecule has 0 atom stereocenters. The van der Waals surface area contributed by atoms with E-state index in [4.69, 9.17) is 0 Å². The second-order valence-corrected chi connectivity index (χ2v) is 6.02. The molecule has 0 spiro atoms. The van der Waals surface area contributed by atoms with Gasteiger partial charge >= 0.3 is 0 Å². The lowest BCUT2D eigenvalue weighted by Gasteiger charge is -1.96. The lowest BCUT2D eigenvalue weighted by molar-refractivity contribution is -0.115. The van der Waals surface area contributed by atoms with Crippen molar-refractivity contribution in [3.05, 3.63) is 51.6 Å². The molecule has 1 amide bonds. The number of phenolic OH excluding ortho intramolecular Hbond substituents is 1. The SMILES string of the molecule is O=C1NC(=Nc2ccc(O)cc2)S/C1=C/c1cccs1. The summed E-state index contributed by atoms with van der Waals surface area (Å²) < 4.78 is 0. The molecule has 100 valence electrons. The van der Waals surface area contributed by atoms with Crippen LogP contribution in [-0.2, 0) is 4.79 Å². The van der Waals surface area contributed by atoms with Gasteiger partial charge < -0.3 is 10.4 Å². The fourth-order valence-electron chi connectivity index (χ4n) is 1.63. The Morgan fingerprint density at radius 3 is 2.70 bits per heavy atom. The molecule has 1 aromatic heterocycles. The van der Waals surface area contributed by atoms with Crippen molar-refractivity contribution in [3.8, 4) is 5.75 Å². The van der Waals surface area contributed by atoms with Crippen molar-refractivity contribution in [2.75, 3.05) is 0 Å². The van der Waals surface area contributed by atoms with Crippen LogP contribution >= 0.6 is 23.1 Å². The van der Waals surface area contributed by atoms with E-state index in [1.54, 1.807) is 35.6 Å². The van der Waals surface area contributed by atoms with Crippen molar-refractivity contribution in [3.63, 3.8) is 0 Å². The summed E-state index contributed by atoms with van der Waals surface area (Å²) in [5, 5.41) is 14.5. The van der Waals surface area contributed by atoms with Crippen LogP contribution in [0.4, 0.5) is 5.69 Å². The number of aromatic hydroxyl groups is 1. The van der Waals surface area contributed by atoms with Crippen LogP contribution in [0.15, 0.2) is 51.7 Å². The molecule has 1 aliphatic heterocycles. The van der Waals surface area contributed by atoms with Gasteiger partial charge in [-0.3, -0.25) is 4.79 Å². The zero-order chi connectivity index (χ0) is 13.9. The Kier molecular flexibility index (Phi) is 3.58. The van der Waals surface area contributed by atoms with E-state index >= 15 is 0 Å². The summed E-state index contributed by atoms with van der Waals surface area (Å²) in [5.41, 5.74) is 0.683. The predicted molar refractivity (Wildman–Crippen MR) is 83.2 cm³/mol. The van der Waals surface area contributed by atoms with Crippen molar-refractivity contribution < 1.29 is 9.90 Å². The van der Waals surface area contributed by atoms with Crippen LogP contribution in [0.2, 0.25) is 0 Å². The Hall–Kier alpha value is -2.05. The maximum absolute atomic E-state index is 11.8. The molecule has 1 aromatic carbocycles. The first kappa shape index (κ1) is 13.0. The Bertz CT molecular complexity index is 688. The third kappa shape index (κ3) is 2.92. The van der Waals surface area contributed by atoms with Crippen LogP contribution in [0.1, 0.15) is 4.88 Å². The molecular weight excluding hydrogens is 292 g/mol. The fourth-order valence-corrected chi connectivity index (χ4v) is 3.19. The minimum atomic E-state index is -0.138. The van der Waals surface area contributed by atoms with E-state index in [1.165, 1.54) is 11.8 Å². The summed E-state index contributed by atoms with van der Waals surface area (Å²) in [6.07, 6.45) is 1.85. The van der Waals surface area contributed by atoms with Crippen LogP contribution in [0.3, 0.4) is 0 Å². The molecule has 4 nitrogen and oxygen atoms in total. The molecule has 3 rings (SSSR count). The Balaban J connectivity index is 1.81. The predicted octanol–water partition coefficient (Wildman–Crippen LogP) is 3.35. The number of hydrogen-bond donors (Lipinski definition) is 2. The Morgan fingerprint density at radius 2 is 2.00 bits per heavy atom. The molecule has 0 bridgehead atoms. The van der Waals surface area contributed by atoms with E-state index in [9.17, 15) is 9.90 Å². The number of benzene rings is 1. The van der Waals surface area contributed by atoms with Gasteiger partial charge in [-0.05, 0) is 53.5 Å². The third-order valence-corrected chi connectivity index (χ3v) is 4.28. The number of nitrogens with one attached hydrogen (secondary N) is 1. The first-order chi connectivity index (χ1) is 9.70. The molecule has 0 saturated carbocycles. The van der Waals surface area contributed by atoms with E-state index in [0.717, 1.165) is 4.88 Å². The second-order valence-electron chi connectivity index (χ2n) is 4.01. The summed E-state index contributed by atoms with van der Waals surface area (Å²) in [4.78, 5) is 17.8. The van der Waals surface area contributed by atoms with E-state index in [1.807, 2.05) is 23.6 Å². The molecule has 6 heteroatoms. The Labute approximate surface area is 123 Å². The average Bonchev–Trinajstić information content (AvgIpc) is 3.04. The number of hydrogen-bond acceptors (Lipinski definition) is 5. The second kappa shape index (κ2) is 5.52. The van der Waals surface area contributed by atoms with Gasteiger partial charge in [0.2, 0.25) is 0 Å². The average molecular weight is 302 g/mol. The van der Waals surface area contributed by atoms with Gasteiger partial charge in [0.25, 0.3) is 5.91 Å². The van der Waals surface area contributed by atoms with Gasteiger partial charge in [0.15, 0.2) is 5.17 Å². The number of amidine groups is 1. The summed E-state index contributed by atoms with van der Waals surface area (Å²) in [6.45, 7) is 0. The van der Waals surface area contributed by atoms with Gasteiger partial charge in [0.1, 0.15) is 5.75 Å². The molecule has 2 heterocycles. The summed E-state index contributed by atoms with van der Waals surface area (Å²) in [7, 11) is 0. The molecule has 0 aliphatic carbocycles. The van der Waals surface area contributed by atoms with Gasteiger partial charge in [-0.1, -0.05) is 6.07 Å². The lowest BCUT2D eigenvalue weighted by atomic mass is 10.3.